The summed E-state index contributed by atoms with van der Waals surface area (Å²) in [6.45, 7) is 0. The average molecular weight is 333 g/mol. The van der Waals surface area contributed by atoms with Crippen molar-refractivity contribution in [1.29, 1.82) is 0 Å². The lowest BCUT2D eigenvalue weighted by molar-refractivity contribution is -0.123. The van der Waals surface area contributed by atoms with E-state index in [1.807, 2.05) is 18.2 Å². The molecule has 1 unspecified atom stereocenters. The highest BCUT2D eigenvalue weighted by molar-refractivity contribution is 6.37. The van der Waals surface area contributed by atoms with Gasteiger partial charge >= 0.3 is 0 Å². The molecule has 2 amide bonds. The Hall–Kier alpha value is -3.41. The number of amides is 2. The molecule has 0 saturated heterocycles. The van der Waals surface area contributed by atoms with Crippen molar-refractivity contribution in [3.05, 3.63) is 76.9 Å². The van der Waals surface area contributed by atoms with Crippen molar-refractivity contribution in [1.82, 2.24) is 15.6 Å². The predicted molar refractivity (Wildman–Crippen MR) is 89.7 cm³/mol. The number of H-pyrrole nitrogens is 1. The lowest BCUT2D eigenvalue weighted by atomic mass is 9.94. The summed E-state index contributed by atoms with van der Waals surface area (Å²) >= 11 is 0. The highest BCUT2D eigenvalue weighted by Crippen LogP contribution is 2.39. The summed E-state index contributed by atoms with van der Waals surface area (Å²) in [6, 6.07) is 11.5. The van der Waals surface area contributed by atoms with Gasteiger partial charge in [0.2, 0.25) is 0 Å². The van der Waals surface area contributed by atoms with Gasteiger partial charge in [-0.05, 0) is 29.3 Å². The van der Waals surface area contributed by atoms with E-state index in [4.69, 9.17) is 0 Å². The number of carbonyl (C=O) groups is 2. The van der Waals surface area contributed by atoms with Gasteiger partial charge in [0.05, 0.1) is 11.6 Å². The van der Waals surface area contributed by atoms with Crippen LogP contribution in [-0.2, 0) is 9.59 Å². The van der Waals surface area contributed by atoms with E-state index in [9.17, 15) is 14.0 Å². The molecule has 0 radical (unpaired) electrons. The van der Waals surface area contributed by atoms with Gasteiger partial charge in [-0.3, -0.25) is 14.9 Å². The minimum absolute atomic E-state index is 0.247. The standard InChI is InChI=1S/C19H12FN3O2/c20-10-6-4-9(5-7-10)16-11-2-1-3-13-14(11)12(8-21-13)15-17(22-16)19(25)23-18(15)24/h1-8,16,21-22H,(H,23,24,25). The molecule has 25 heavy (non-hydrogen) atoms. The van der Waals surface area contributed by atoms with Crippen molar-refractivity contribution in [2.75, 3.05) is 0 Å². The fourth-order valence-electron chi connectivity index (χ4n) is 3.64. The fourth-order valence-corrected chi connectivity index (χ4v) is 3.64. The Bertz CT molecular complexity index is 1100. The second-order valence-electron chi connectivity index (χ2n) is 6.13. The number of hydrogen-bond acceptors (Lipinski definition) is 3. The first-order valence-corrected chi connectivity index (χ1v) is 7.86. The van der Waals surface area contributed by atoms with E-state index < -0.39 is 11.8 Å². The third-order valence-corrected chi connectivity index (χ3v) is 4.74. The van der Waals surface area contributed by atoms with E-state index in [0.717, 1.165) is 22.0 Å². The minimum atomic E-state index is -0.450. The van der Waals surface area contributed by atoms with E-state index in [1.54, 1.807) is 18.3 Å². The molecule has 0 saturated carbocycles. The highest BCUT2D eigenvalue weighted by atomic mass is 19.1. The van der Waals surface area contributed by atoms with Crippen LogP contribution in [0.5, 0.6) is 0 Å². The number of benzene rings is 2. The van der Waals surface area contributed by atoms with Gasteiger partial charge in [-0.1, -0.05) is 24.3 Å². The second-order valence-corrected chi connectivity index (χ2v) is 6.13. The van der Waals surface area contributed by atoms with Crippen molar-refractivity contribution in [3.8, 4) is 0 Å². The number of aromatic nitrogens is 1. The van der Waals surface area contributed by atoms with Crippen molar-refractivity contribution in [3.63, 3.8) is 0 Å². The summed E-state index contributed by atoms with van der Waals surface area (Å²) in [7, 11) is 0. The molecule has 3 aromatic rings. The van der Waals surface area contributed by atoms with Gasteiger partial charge in [-0.2, -0.15) is 0 Å². The molecule has 0 spiro atoms. The first kappa shape index (κ1) is 14.0. The van der Waals surface area contributed by atoms with Crippen LogP contribution in [0.3, 0.4) is 0 Å². The molecular formula is C19H12FN3O2. The van der Waals surface area contributed by atoms with Crippen molar-refractivity contribution in [2.45, 2.75) is 6.04 Å². The van der Waals surface area contributed by atoms with Gasteiger partial charge in [0.25, 0.3) is 11.8 Å². The SMILES string of the molecule is O=C1NC(=O)C2=C1NC(c1ccc(F)cc1)c1cccc3[nH]cc2c13. The molecule has 0 fully saturated rings. The lowest BCUT2D eigenvalue weighted by Crippen LogP contribution is -2.30. The minimum Gasteiger partial charge on any atom is -0.369 e. The quantitative estimate of drug-likeness (QED) is 0.599. The van der Waals surface area contributed by atoms with Crippen molar-refractivity contribution in [2.24, 2.45) is 0 Å². The maximum atomic E-state index is 13.3. The van der Waals surface area contributed by atoms with Gasteiger partial charge in [-0.25, -0.2) is 4.39 Å². The molecule has 2 aromatic carbocycles. The average Bonchev–Trinajstić information content (AvgIpc) is 3.09. The van der Waals surface area contributed by atoms with Gasteiger partial charge in [0.15, 0.2) is 0 Å². The van der Waals surface area contributed by atoms with Crippen LogP contribution in [0.25, 0.3) is 16.5 Å². The Morgan fingerprint density at radius 1 is 0.960 bits per heavy atom. The first-order valence-electron chi connectivity index (χ1n) is 7.86. The van der Waals surface area contributed by atoms with Crippen molar-refractivity contribution >= 4 is 28.3 Å². The molecule has 5 rings (SSSR count). The number of fused-ring (bicyclic) bond motifs is 1. The van der Waals surface area contributed by atoms with Crippen LogP contribution in [-0.4, -0.2) is 16.8 Å². The summed E-state index contributed by atoms with van der Waals surface area (Å²) in [5.74, 6) is -1.19. The van der Waals surface area contributed by atoms with E-state index in [2.05, 4.69) is 15.6 Å². The molecule has 2 aliphatic rings. The third-order valence-electron chi connectivity index (χ3n) is 4.74. The number of hydrogen-bond donors (Lipinski definition) is 3. The topological polar surface area (TPSA) is 74.0 Å². The molecule has 3 N–H and O–H groups in total. The normalized spacial score (nSPS) is 18.8. The summed E-state index contributed by atoms with van der Waals surface area (Å²) < 4.78 is 13.3. The number of nitrogens with one attached hydrogen (secondary N) is 3. The zero-order valence-corrected chi connectivity index (χ0v) is 12.9. The maximum absolute atomic E-state index is 13.3. The predicted octanol–water partition coefficient (Wildman–Crippen LogP) is 2.37. The number of rotatable bonds is 1. The van der Waals surface area contributed by atoms with Crippen LogP contribution in [0.15, 0.2) is 54.4 Å². The van der Waals surface area contributed by atoms with Crippen LogP contribution < -0.4 is 10.6 Å². The van der Waals surface area contributed by atoms with E-state index in [-0.39, 0.29) is 17.6 Å². The highest BCUT2D eigenvalue weighted by Gasteiger charge is 2.37. The van der Waals surface area contributed by atoms with E-state index in [1.165, 1.54) is 12.1 Å². The van der Waals surface area contributed by atoms with Gasteiger partial charge in [0.1, 0.15) is 11.5 Å². The van der Waals surface area contributed by atoms with Crippen LogP contribution in [0.1, 0.15) is 22.7 Å². The van der Waals surface area contributed by atoms with Crippen LogP contribution >= 0.6 is 0 Å². The fraction of sp³-hybridized carbons (Fsp3) is 0.0526. The third kappa shape index (κ3) is 1.88. The summed E-state index contributed by atoms with van der Waals surface area (Å²) in [5.41, 5.74) is 3.89. The molecule has 5 nitrogen and oxygen atoms in total. The first-order chi connectivity index (χ1) is 12.1. The number of carbonyl (C=O) groups excluding carboxylic acids is 2. The van der Waals surface area contributed by atoms with Gasteiger partial charge in [0, 0.05) is 22.7 Å². The second kappa shape index (κ2) is 4.80. The molecule has 3 heterocycles. The molecule has 122 valence electrons. The Balaban J connectivity index is 1.83. The molecule has 2 aliphatic heterocycles. The molecule has 0 bridgehead atoms. The Labute approximate surface area is 141 Å². The summed E-state index contributed by atoms with van der Waals surface area (Å²) in [5, 5.41) is 6.43. The van der Waals surface area contributed by atoms with Crippen LogP contribution in [0, 0.1) is 5.82 Å². The number of halogens is 1. The Morgan fingerprint density at radius 3 is 2.56 bits per heavy atom. The molecule has 6 heteroatoms. The largest absolute Gasteiger partial charge is 0.369 e. The lowest BCUT2D eigenvalue weighted by Gasteiger charge is -2.20. The van der Waals surface area contributed by atoms with Crippen LogP contribution in [0.4, 0.5) is 4.39 Å². The molecule has 1 atom stereocenters. The number of aromatic amines is 1. The molecular weight excluding hydrogens is 321 g/mol. The van der Waals surface area contributed by atoms with Gasteiger partial charge < -0.3 is 10.3 Å². The smallest absolute Gasteiger partial charge is 0.275 e. The summed E-state index contributed by atoms with van der Waals surface area (Å²) in [4.78, 5) is 27.7. The Kier molecular flexibility index (Phi) is 2.68. The van der Waals surface area contributed by atoms with Gasteiger partial charge in [-0.15, -0.1) is 0 Å². The Morgan fingerprint density at radius 2 is 1.76 bits per heavy atom. The monoisotopic (exact) mass is 333 g/mol. The molecule has 0 aliphatic carbocycles. The molecule has 1 aromatic heterocycles. The number of imide groups is 1. The van der Waals surface area contributed by atoms with Crippen LogP contribution in [0.2, 0.25) is 0 Å². The maximum Gasteiger partial charge on any atom is 0.275 e. The zero-order valence-electron chi connectivity index (χ0n) is 12.9. The van der Waals surface area contributed by atoms with Crippen molar-refractivity contribution < 1.29 is 14.0 Å². The van der Waals surface area contributed by atoms with E-state index in [0.29, 0.717) is 11.1 Å². The summed E-state index contributed by atoms with van der Waals surface area (Å²) in [6.07, 6.45) is 1.75. The van der Waals surface area contributed by atoms with E-state index >= 15 is 0 Å². The zero-order chi connectivity index (χ0) is 17.1.